The van der Waals surface area contributed by atoms with Gasteiger partial charge in [-0.25, -0.2) is 0 Å². The summed E-state index contributed by atoms with van der Waals surface area (Å²) in [5, 5.41) is 14.0. The minimum atomic E-state index is -0.0719. The second-order valence-corrected chi connectivity index (χ2v) is 6.26. The minimum Gasteiger partial charge on any atom is -0.493 e. The number of nitrogens with one attached hydrogen (secondary N) is 1. The predicted molar refractivity (Wildman–Crippen MR) is 101 cm³/mol. The van der Waals surface area contributed by atoms with Crippen LogP contribution in [0.2, 0.25) is 10.0 Å². The number of aliphatic hydroxyl groups excluding tert-OH is 1. The Morgan fingerprint density at radius 3 is 2.67 bits per heavy atom. The van der Waals surface area contributed by atoms with E-state index in [0.717, 1.165) is 10.0 Å². The standard InChI is InChI=1S/C16H15BrCl2N2O3/c1-23-15-6-10(12(17)8-16(15)24-5-4-22)9-20-21-11-2-3-13(18)14(19)7-11/h2-3,6-9,21-22H,4-5H2,1H3/b20-9-. The molecule has 2 aromatic carbocycles. The monoisotopic (exact) mass is 432 g/mol. The third kappa shape index (κ3) is 5.01. The molecular formula is C16H15BrCl2N2O3. The van der Waals surface area contributed by atoms with Gasteiger partial charge in [-0.05, 0) is 46.3 Å². The number of aliphatic hydroxyl groups is 1. The van der Waals surface area contributed by atoms with Crippen LogP contribution < -0.4 is 14.9 Å². The van der Waals surface area contributed by atoms with Crippen molar-refractivity contribution in [2.24, 2.45) is 5.10 Å². The van der Waals surface area contributed by atoms with Gasteiger partial charge in [-0.1, -0.05) is 23.2 Å². The molecule has 0 unspecified atom stereocenters. The molecule has 0 aliphatic heterocycles. The van der Waals surface area contributed by atoms with Crippen LogP contribution in [0, 0.1) is 0 Å². The molecule has 2 aromatic rings. The molecule has 0 saturated carbocycles. The predicted octanol–water partition coefficient (Wildman–Crippen LogP) is 4.58. The van der Waals surface area contributed by atoms with Crippen LogP contribution in [0.15, 0.2) is 39.9 Å². The Hall–Kier alpha value is -1.47. The lowest BCUT2D eigenvalue weighted by atomic mass is 10.2. The van der Waals surface area contributed by atoms with Crippen molar-refractivity contribution in [2.45, 2.75) is 0 Å². The number of ether oxygens (including phenoxy) is 2. The van der Waals surface area contributed by atoms with Gasteiger partial charge in [-0.15, -0.1) is 0 Å². The van der Waals surface area contributed by atoms with Gasteiger partial charge in [-0.2, -0.15) is 5.10 Å². The fraction of sp³-hybridized carbons (Fsp3) is 0.188. The summed E-state index contributed by atoms with van der Waals surface area (Å²) in [6.45, 7) is 0.118. The largest absolute Gasteiger partial charge is 0.493 e. The van der Waals surface area contributed by atoms with Crippen molar-refractivity contribution in [1.82, 2.24) is 0 Å². The molecule has 0 aliphatic carbocycles. The van der Waals surface area contributed by atoms with Gasteiger partial charge in [0, 0.05) is 10.0 Å². The number of nitrogens with zero attached hydrogens (tertiary/aromatic N) is 1. The van der Waals surface area contributed by atoms with E-state index in [1.807, 2.05) is 0 Å². The number of hydrazone groups is 1. The average Bonchev–Trinajstić information content (AvgIpc) is 2.57. The lowest BCUT2D eigenvalue weighted by Gasteiger charge is -2.11. The summed E-state index contributed by atoms with van der Waals surface area (Å²) in [6, 6.07) is 8.68. The van der Waals surface area contributed by atoms with E-state index in [9.17, 15) is 0 Å². The fourth-order valence-corrected chi connectivity index (χ4v) is 2.54. The molecule has 0 radical (unpaired) electrons. The quantitative estimate of drug-likeness (QED) is 0.495. The normalized spacial score (nSPS) is 10.9. The van der Waals surface area contributed by atoms with Gasteiger partial charge in [0.1, 0.15) is 6.61 Å². The molecular weight excluding hydrogens is 419 g/mol. The third-order valence-corrected chi connectivity index (χ3v) is 4.37. The summed E-state index contributed by atoms with van der Waals surface area (Å²) in [4.78, 5) is 0. The molecule has 128 valence electrons. The molecule has 0 aromatic heterocycles. The topological polar surface area (TPSA) is 63.1 Å². The zero-order chi connectivity index (χ0) is 17.5. The Morgan fingerprint density at radius 2 is 2.00 bits per heavy atom. The van der Waals surface area contributed by atoms with Gasteiger partial charge in [0.25, 0.3) is 0 Å². The Bertz CT molecular complexity index is 742. The van der Waals surface area contributed by atoms with E-state index in [0.29, 0.717) is 27.2 Å². The number of hydrogen-bond acceptors (Lipinski definition) is 5. The van der Waals surface area contributed by atoms with Crippen LogP contribution >= 0.6 is 39.1 Å². The summed E-state index contributed by atoms with van der Waals surface area (Å²) in [7, 11) is 1.55. The summed E-state index contributed by atoms with van der Waals surface area (Å²) >= 11 is 15.3. The fourth-order valence-electron chi connectivity index (χ4n) is 1.82. The van der Waals surface area contributed by atoms with Gasteiger partial charge in [0.05, 0.1) is 35.7 Å². The van der Waals surface area contributed by atoms with Crippen molar-refractivity contribution < 1.29 is 14.6 Å². The lowest BCUT2D eigenvalue weighted by molar-refractivity contribution is 0.196. The molecule has 0 saturated heterocycles. The maximum atomic E-state index is 8.85. The lowest BCUT2D eigenvalue weighted by Crippen LogP contribution is -2.03. The van der Waals surface area contributed by atoms with Crippen molar-refractivity contribution >= 4 is 51.0 Å². The highest BCUT2D eigenvalue weighted by Crippen LogP contribution is 2.33. The first kappa shape index (κ1) is 18.9. The van der Waals surface area contributed by atoms with E-state index in [1.54, 1.807) is 43.7 Å². The van der Waals surface area contributed by atoms with Crippen molar-refractivity contribution in [3.05, 3.63) is 50.4 Å². The molecule has 0 bridgehead atoms. The van der Waals surface area contributed by atoms with Gasteiger partial charge in [0.2, 0.25) is 0 Å². The second-order valence-electron chi connectivity index (χ2n) is 4.60. The number of rotatable bonds is 7. The van der Waals surface area contributed by atoms with Gasteiger partial charge >= 0.3 is 0 Å². The average molecular weight is 434 g/mol. The molecule has 24 heavy (non-hydrogen) atoms. The molecule has 0 fully saturated rings. The number of benzene rings is 2. The van der Waals surface area contributed by atoms with Crippen LogP contribution in [0.5, 0.6) is 11.5 Å². The third-order valence-electron chi connectivity index (χ3n) is 2.95. The van der Waals surface area contributed by atoms with Crippen LogP contribution in [0.3, 0.4) is 0 Å². The zero-order valence-electron chi connectivity index (χ0n) is 12.7. The molecule has 2 rings (SSSR count). The van der Waals surface area contributed by atoms with Crippen LogP contribution in [0.25, 0.3) is 0 Å². The minimum absolute atomic E-state index is 0.0719. The molecule has 0 aliphatic rings. The van der Waals surface area contributed by atoms with Crippen LogP contribution in [0.4, 0.5) is 5.69 Å². The first-order valence-electron chi connectivity index (χ1n) is 6.90. The van der Waals surface area contributed by atoms with Crippen molar-refractivity contribution in [2.75, 3.05) is 25.7 Å². The molecule has 0 atom stereocenters. The van der Waals surface area contributed by atoms with E-state index >= 15 is 0 Å². The second kappa shape index (κ2) is 9.13. The molecule has 5 nitrogen and oxygen atoms in total. The van der Waals surface area contributed by atoms with E-state index in [1.165, 1.54) is 0 Å². The first-order chi connectivity index (χ1) is 11.5. The molecule has 8 heteroatoms. The summed E-state index contributed by atoms with van der Waals surface area (Å²) in [6.07, 6.45) is 1.63. The highest BCUT2D eigenvalue weighted by molar-refractivity contribution is 9.10. The smallest absolute Gasteiger partial charge is 0.162 e. The zero-order valence-corrected chi connectivity index (χ0v) is 15.8. The highest BCUT2D eigenvalue weighted by atomic mass is 79.9. The first-order valence-corrected chi connectivity index (χ1v) is 8.45. The molecule has 0 amide bonds. The van der Waals surface area contributed by atoms with Crippen LogP contribution in [-0.4, -0.2) is 31.6 Å². The Balaban J connectivity index is 2.14. The number of anilines is 1. The summed E-state index contributed by atoms with van der Waals surface area (Å²) in [5.74, 6) is 1.08. The molecule has 0 heterocycles. The Labute approximate surface area is 158 Å². The summed E-state index contributed by atoms with van der Waals surface area (Å²) in [5.41, 5.74) is 4.38. The van der Waals surface area contributed by atoms with E-state index in [2.05, 4.69) is 26.5 Å². The van der Waals surface area contributed by atoms with Crippen molar-refractivity contribution in [1.29, 1.82) is 0 Å². The van der Waals surface area contributed by atoms with E-state index in [-0.39, 0.29) is 13.2 Å². The van der Waals surface area contributed by atoms with Crippen LogP contribution in [-0.2, 0) is 0 Å². The number of halogens is 3. The summed E-state index contributed by atoms with van der Waals surface area (Å²) < 4.78 is 11.5. The van der Waals surface area contributed by atoms with E-state index < -0.39 is 0 Å². The molecule has 2 N–H and O–H groups in total. The Kier molecular flexibility index (Phi) is 7.17. The number of hydrogen-bond donors (Lipinski definition) is 2. The van der Waals surface area contributed by atoms with Crippen molar-refractivity contribution in [3.63, 3.8) is 0 Å². The Morgan fingerprint density at radius 1 is 1.21 bits per heavy atom. The van der Waals surface area contributed by atoms with Crippen molar-refractivity contribution in [3.8, 4) is 11.5 Å². The van der Waals surface area contributed by atoms with Gasteiger partial charge < -0.3 is 14.6 Å². The maximum absolute atomic E-state index is 8.85. The highest BCUT2D eigenvalue weighted by Gasteiger charge is 2.09. The van der Waals surface area contributed by atoms with E-state index in [4.69, 9.17) is 37.8 Å². The SMILES string of the molecule is COc1cc(/C=N\Nc2ccc(Cl)c(Cl)c2)c(Br)cc1OCCO. The molecule has 0 spiro atoms. The van der Waals surface area contributed by atoms with Crippen LogP contribution in [0.1, 0.15) is 5.56 Å². The maximum Gasteiger partial charge on any atom is 0.162 e. The van der Waals surface area contributed by atoms with Gasteiger partial charge in [0.15, 0.2) is 11.5 Å². The number of methoxy groups -OCH3 is 1. The van der Waals surface area contributed by atoms with Gasteiger partial charge in [-0.3, -0.25) is 5.43 Å².